The Hall–Kier alpha value is -3.43. The third kappa shape index (κ3) is 4.60. The number of ether oxygens (including phenoxy) is 1. The lowest BCUT2D eigenvalue weighted by Gasteiger charge is -2.20. The molecule has 0 aliphatic rings. The highest BCUT2D eigenvalue weighted by atomic mass is 16.5. The summed E-state index contributed by atoms with van der Waals surface area (Å²) in [6.07, 6.45) is 1.51. The Morgan fingerprint density at radius 2 is 2.00 bits per heavy atom. The van der Waals surface area contributed by atoms with Crippen molar-refractivity contribution >= 4 is 28.3 Å². The number of fused-ring (bicyclic) bond motifs is 1. The normalized spacial score (nSPS) is 11.3. The number of amides is 1. The number of hydrogen-bond acceptors (Lipinski definition) is 5. The van der Waals surface area contributed by atoms with E-state index in [1.54, 1.807) is 20.1 Å². The Kier molecular flexibility index (Phi) is 5.98. The van der Waals surface area contributed by atoms with Crippen LogP contribution in [0.15, 0.2) is 54.9 Å². The molecule has 1 atom stereocenters. The van der Waals surface area contributed by atoms with Gasteiger partial charge in [-0.2, -0.15) is 0 Å². The first kappa shape index (κ1) is 18.4. The predicted octanol–water partition coefficient (Wildman–Crippen LogP) is 3.39. The number of carbonyl (C=O) groups is 1. The summed E-state index contributed by atoms with van der Waals surface area (Å²) >= 11 is 0. The van der Waals surface area contributed by atoms with E-state index in [1.807, 2.05) is 42.5 Å². The average Bonchev–Trinajstić information content (AvgIpc) is 2.69. The minimum Gasteiger partial charge on any atom is -0.382 e. The number of nitrogens with one attached hydrogen (secondary N) is 2. The lowest BCUT2D eigenvalue weighted by molar-refractivity contribution is -0.111. The minimum absolute atomic E-state index is 0.0708. The van der Waals surface area contributed by atoms with Gasteiger partial charge in [0.15, 0.2) is 0 Å². The fourth-order valence-electron chi connectivity index (χ4n) is 2.76. The molecule has 0 aliphatic carbocycles. The van der Waals surface area contributed by atoms with Gasteiger partial charge in [0.2, 0.25) is 0 Å². The summed E-state index contributed by atoms with van der Waals surface area (Å²) in [5.74, 6) is 5.36. The van der Waals surface area contributed by atoms with Gasteiger partial charge in [-0.3, -0.25) is 4.79 Å². The van der Waals surface area contributed by atoms with Gasteiger partial charge in [0, 0.05) is 18.2 Å². The van der Waals surface area contributed by atoms with Gasteiger partial charge in [0.1, 0.15) is 12.1 Å². The second-order valence-electron chi connectivity index (χ2n) is 5.85. The molecule has 2 aromatic carbocycles. The molecule has 0 fully saturated rings. The number of carbonyl (C=O) groups excluding carboxylic acids is 1. The van der Waals surface area contributed by atoms with Crippen LogP contribution in [0.1, 0.15) is 18.5 Å². The molecule has 136 valence electrons. The summed E-state index contributed by atoms with van der Waals surface area (Å²) in [5.41, 5.74) is 2.50. The molecule has 1 aromatic heterocycles. The number of hydrogen-bond donors (Lipinski definition) is 2. The van der Waals surface area contributed by atoms with Crippen LogP contribution in [0.3, 0.4) is 0 Å². The lowest BCUT2D eigenvalue weighted by atomic mass is 10.1. The summed E-state index contributed by atoms with van der Waals surface area (Å²) < 4.78 is 5.37. The van der Waals surface area contributed by atoms with E-state index in [0.717, 1.165) is 16.5 Å². The summed E-state index contributed by atoms with van der Waals surface area (Å²) in [6, 6.07) is 15.4. The summed E-state index contributed by atoms with van der Waals surface area (Å²) in [7, 11) is 1.66. The molecule has 0 saturated carbocycles. The number of rotatable bonds is 6. The molecule has 0 radical (unpaired) electrons. The Labute approximate surface area is 158 Å². The molecule has 0 saturated heterocycles. The van der Waals surface area contributed by atoms with Crippen molar-refractivity contribution in [2.24, 2.45) is 0 Å². The van der Waals surface area contributed by atoms with Crippen molar-refractivity contribution in [2.45, 2.75) is 13.0 Å². The maximum absolute atomic E-state index is 11.7. The van der Waals surface area contributed by atoms with E-state index < -0.39 is 0 Å². The van der Waals surface area contributed by atoms with Crippen molar-refractivity contribution in [3.05, 3.63) is 60.4 Å². The molecule has 3 rings (SSSR count). The zero-order valence-corrected chi connectivity index (χ0v) is 15.2. The zero-order valence-electron chi connectivity index (χ0n) is 15.2. The monoisotopic (exact) mass is 360 g/mol. The van der Waals surface area contributed by atoms with Crippen molar-refractivity contribution < 1.29 is 9.53 Å². The van der Waals surface area contributed by atoms with Crippen LogP contribution in [-0.4, -0.2) is 29.6 Å². The lowest BCUT2D eigenvalue weighted by Crippen LogP contribution is -2.17. The Morgan fingerprint density at radius 3 is 2.74 bits per heavy atom. The summed E-state index contributed by atoms with van der Waals surface area (Å²) in [6.45, 7) is 2.10. The molecule has 27 heavy (non-hydrogen) atoms. The van der Waals surface area contributed by atoms with E-state index in [2.05, 4.69) is 32.4 Å². The van der Waals surface area contributed by atoms with E-state index in [4.69, 9.17) is 4.74 Å². The van der Waals surface area contributed by atoms with E-state index in [-0.39, 0.29) is 11.9 Å². The van der Waals surface area contributed by atoms with Gasteiger partial charge in [-0.15, -0.1) is 0 Å². The smallest absolute Gasteiger partial charge is 0.300 e. The molecule has 0 bridgehead atoms. The molecule has 1 amide bonds. The maximum atomic E-state index is 11.7. The highest BCUT2D eigenvalue weighted by Gasteiger charge is 2.14. The molecular formula is C21H20N4O2. The fourth-order valence-corrected chi connectivity index (χ4v) is 2.76. The van der Waals surface area contributed by atoms with Gasteiger partial charge in [-0.05, 0) is 36.6 Å². The predicted molar refractivity (Wildman–Crippen MR) is 106 cm³/mol. The molecule has 0 unspecified atom stereocenters. The Balaban J connectivity index is 1.94. The van der Waals surface area contributed by atoms with Crippen molar-refractivity contribution in [3.8, 4) is 11.8 Å². The van der Waals surface area contributed by atoms with Crippen molar-refractivity contribution in [3.63, 3.8) is 0 Å². The molecular weight excluding hydrogens is 340 g/mol. The SMILES string of the molecule is CC#CC(=O)Nc1ccc2ncnc(N[C@H](COC)c3ccccc3)c2c1. The molecule has 0 aliphatic heterocycles. The average molecular weight is 360 g/mol. The van der Waals surface area contributed by atoms with Crippen molar-refractivity contribution in [1.29, 1.82) is 0 Å². The van der Waals surface area contributed by atoms with Crippen LogP contribution >= 0.6 is 0 Å². The van der Waals surface area contributed by atoms with Crippen LogP contribution < -0.4 is 10.6 Å². The van der Waals surface area contributed by atoms with E-state index in [9.17, 15) is 4.79 Å². The topological polar surface area (TPSA) is 76.1 Å². The minimum atomic E-state index is -0.357. The molecule has 0 spiro atoms. The van der Waals surface area contributed by atoms with Crippen LogP contribution in [0.5, 0.6) is 0 Å². The van der Waals surface area contributed by atoms with Gasteiger partial charge in [0.05, 0.1) is 18.2 Å². The number of methoxy groups -OCH3 is 1. The van der Waals surface area contributed by atoms with Gasteiger partial charge in [-0.1, -0.05) is 36.3 Å². The zero-order chi connectivity index (χ0) is 19.1. The van der Waals surface area contributed by atoms with Crippen molar-refractivity contribution in [1.82, 2.24) is 9.97 Å². The summed E-state index contributed by atoms with van der Waals surface area (Å²) in [4.78, 5) is 20.4. The first-order chi connectivity index (χ1) is 13.2. The first-order valence-corrected chi connectivity index (χ1v) is 8.50. The third-order valence-electron chi connectivity index (χ3n) is 3.98. The Bertz CT molecular complexity index is 993. The highest BCUT2D eigenvalue weighted by Crippen LogP contribution is 2.26. The second-order valence-corrected chi connectivity index (χ2v) is 5.85. The maximum Gasteiger partial charge on any atom is 0.300 e. The number of anilines is 2. The van der Waals surface area contributed by atoms with Crippen LogP contribution in [0.2, 0.25) is 0 Å². The van der Waals surface area contributed by atoms with Crippen LogP contribution in [0.4, 0.5) is 11.5 Å². The van der Waals surface area contributed by atoms with Gasteiger partial charge >= 0.3 is 0 Å². The quantitative estimate of drug-likeness (QED) is 0.659. The molecule has 2 N–H and O–H groups in total. The summed E-state index contributed by atoms with van der Waals surface area (Å²) in [5, 5.41) is 6.98. The second kappa shape index (κ2) is 8.79. The fraction of sp³-hybridized carbons (Fsp3) is 0.190. The number of aromatic nitrogens is 2. The van der Waals surface area contributed by atoms with Gasteiger partial charge in [-0.25, -0.2) is 9.97 Å². The molecule has 6 nitrogen and oxygen atoms in total. The number of nitrogens with zero attached hydrogens (tertiary/aromatic N) is 2. The van der Waals surface area contributed by atoms with E-state index in [0.29, 0.717) is 18.1 Å². The van der Waals surface area contributed by atoms with Gasteiger partial charge in [0.25, 0.3) is 5.91 Å². The first-order valence-electron chi connectivity index (χ1n) is 8.50. The van der Waals surface area contributed by atoms with Crippen LogP contribution in [-0.2, 0) is 9.53 Å². The van der Waals surface area contributed by atoms with E-state index >= 15 is 0 Å². The molecule has 3 aromatic rings. The highest BCUT2D eigenvalue weighted by molar-refractivity contribution is 6.05. The van der Waals surface area contributed by atoms with Crippen molar-refractivity contribution in [2.75, 3.05) is 24.4 Å². The Morgan fingerprint density at radius 1 is 1.19 bits per heavy atom. The van der Waals surface area contributed by atoms with Gasteiger partial charge < -0.3 is 15.4 Å². The van der Waals surface area contributed by atoms with Crippen LogP contribution in [0.25, 0.3) is 10.9 Å². The standard InChI is InChI=1S/C21H20N4O2/c1-3-7-20(26)24-16-10-11-18-17(12-16)21(23-14-22-18)25-19(13-27-2)15-8-5-4-6-9-15/h4-6,8-12,14,19H,13H2,1-2H3,(H,24,26)(H,22,23,25)/t19-/m1/s1. The largest absolute Gasteiger partial charge is 0.382 e. The third-order valence-corrected chi connectivity index (χ3v) is 3.98. The molecule has 6 heteroatoms. The van der Waals surface area contributed by atoms with Crippen LogP contribution in [0, 0.1) is 11.8 Å². The number of benzene rings is 2. The van der Waals surface area contributed by atoms with E-state index in [1.165, 1.54) is 6.33 Å². The molecule has 1 heterocycles.